The van der Waals surface area contributed by atoms with Gasteiger partial charge in [0.15, 0.2) is 0 Å². The molecule has 8 heteroatoms. The molecular formula is C18H25BFN3O3. The van der Waals surface area contributed by atoms with Crippen LogP contribution >= 0.6 is 0 Å². The SMILES string of the molecule is CC(=C(F)B1OC(C)(C)C(C)(C)O1)c1cnn(Cc2c(C)noc2C)c1. The van der Waals surface area contributed by atoms with Crippen LogP contribution in [-0.4, -0.2) is 33.3 Å². The van der Waals surface area contributed by atoms with Gasteiger partial charge in [-0.25, -0.2) is 4.39 Å². The maximum atomic E-state index is 15.0. The van der Waals surface area contributed by atoms with Crippen molar-refractivity contribution in [1.29, 1.82) is 0 Å². The molecule has 0 atom stereocenters. The van der Waals surface area contributed by atoms with Crippen LogP contribution in [0.5, 0.6) is 0 Å². The Balaban J connectivity index is 1.81. The first-order valence-electron chi connectivity index (χ1n) is 8.68. The van der Waals surface area contributed by atoms with Gasteiger partial charge in [-0.2, -0.15) is 5.10 Å². The maximum absolute atomic E-state index is 15.0. The molecule has 0 unspecified atom stereocenters. The summed E-state index contributed by atoms with van der Waals surface area (Å²) < 4.78 is 33.4. The number of nitrogens with zero attached hydrogens (tertiary/aromatic N) is 3. The predicted molar refractivity (Wildman–Crippen MR) is 97.1 cm³/mol. The topological polar surface area (TPSA) is 62.3 Å². The third kappa shape index (κ3) is 3.23. The molecule has 0 radical (unpaired) electrons. The number of hydrogen-bond acceptors (Lipinski definition) is 5. The number of halogens is 1. The number of rotatable bonds is 4. The summed E-state index contributed by atoms with van der Waals surface area (Å²) in [5, 5.41) is 8.27. The average molecular weight is 361 g/mol. The molecule has 1 aliphatic heterocycles. The molecule has 0 spiro atoms. The van der Waals surface area contributed by atoms with E-state index in [0.29, 0.717) is 17.7 Å². The predicted octanol–water partition coefficient (Wildman–Crippen LogP) is 3.87. The Hall–Kier alpha value is -1.93. The van der Waals surface area contributed by atoms with E-state index in [-0.39, 0.29) is 0 Å². The number of hydrogen-bond donors (Lipinski definition) is 0. The highest BCUT2D eigenvalue weighted by Crippen LogP contribution is 2.40. The first-order valence-corrected chi connectivity index (χ1v) is 8.68. The van der Waals surface area contributed by atoms with E-state index in [9.17, 15) is 4.39 Å². The smallest absolute Gasteiger partial charge is 0.398 e. The van der Waals surface area contributed by atoms with E-state index in [0.717, 1.165) is 17.0 Å². The van der Waals surface area contributed by atoms with Gasteiger partial charge < -0.3 is 13.8 Å². The van der Waals surface area contributed by atoms with Crippen LogP contribution in [0.1, 0.15) is 57.2 Å². The molecule has 140 valence electrons. The van der Waals surface area contributed by atoms with Gasteiger partial charge in [0.25, 0.3) is 0 Å². The highest BCUT2D eigenvalue weighted by molar-refractivity contribution is 6.55. The highest BCUT2D eigenvalue weighted by Gasteiger charge is 2.53. The van der Waals surface area contributed by atoms with Crippen molar-refractivity contribution in [2.75, 3.05) is 0 Å². The van der Waals surface area contributed by atoms with Crippen molar-refractivity contribution >= 4 is 12.7 Å². The molecule has 3 heterocycles. The van der Waals surface area contributed by atoms with E-state index < -0.39 is 24.0 Å². The second-order valence-electron chi connectivity index (χ2n) is 7.79. The van der Waals surface area contributed by atoms with Crippen LogP contribution < -0.4 is 0 Å². The molecule has 0 bridgehead atoms. The third-order valence-corrected chi connectivity index (χ3v) is 5.39. The highest BCUT2D eigenvalue weighted by atomic mass is 19.1. The van der Waals surface area contributed by atoms with Crippen molar-refractivity contribution < 1.29 is 18.2 Å². The van der Waals surface area contributed by atoms with Crippen molar-refractivity contribution in [1.82, 2.24) is 14.9 Å². The second kappa shape index (κ2) is 6.35. The zero-order chi connectivity index (χ0) is 19.3. The number of aryl methyl sites for hydroxylation is 2. The first kappa shape index (κ1) is 18.9. The van der Waals surface area contributed by atoms with E-state index in [1.165, 1.54) is 0 Å². The summed E-state index contributed by atoms with van der Waals surface area (Å²) in [6, 6.07) is 0. The van der Waals surface area contributed by atoms with Gasteiger partial charge in [0.05, 0.1) is 29.6 Å². The van der Waals surface area contributed by atoms with Crippen molar-refractivity contribution in [3.63, 3.8) is 0 Å². The summed E-state index contributed by atoms with van der Waals surface area (Å²) in [5.74, 6) is 0.759. The van der Waals surface area contributed by atoms with Crippen molar-refractivity contribution in [3.8, 4) is 0 Å². The van der Waals surface area contributed by atoms with Crippen LogP contribution in [0, 0.1) is 13.8 Å². The lowest BCUT2D eigenvalue weighted by atomic mass is 9.84. The zero-order valence-electron chi connectivity index (χ0n) is 16.4. The standard InChI is InChI=1S/C18H25BFN3O3/c1-11(16(20)19-25-17(4,5)18(6,7)26-19)14-8-21-23(9-14)10-15-12(2)22-24-13(15)3/h8-9H,10H2,1-7H3. The fourth-order valence-corrected chi connectivity index (χ4v) is 2.79. The summed E-state index contributed by atoms with van der Waals surface area (Å²) in [4.78, 5) is 0. The molecule has 1 fully saturated rings. The van der Waals surface area contributed by atoms with E-state index in [1.54, 1.807) is 24.0 Å². The Bertz CT molecular complexity index is 818. The van der Waals surface area contributed by atoms with E-state index in [4.69, 9.17) is 13.8 Å². The Morgan fingerprint density at radius 2 is 1.81 bits per heavy atom. The lowest BCUT2D eigenvalue weighted by Crippen LogP contribution is -2.41. The Labute approximate surface area is 153 Å². The maximum Gasteiger partial charge on any atom is 0.525 e. The summed E-state index contributed by atoms with van der Waals surface area (Å²) in [7, 11) is -1.01. The minimum Gasteiger partial charge on any atom is -0.398 e. The number of allylic oxidation sites excluding steroid dienone is 1. The van der Waals surface area contributed by atoms with Gasteiger partial charge in [0, 0.05) is 17.3 Å². The quantitative estimate of drug-likeness (QED) is 0.774. The van der Waals surface area contributed by atoms with Crippen LogP contribution in [-0.2, 0) is 15.9 Å². The van der Waals surface area contributed by atoms with Crippen molar-refractivity contribution in [3.05, 3.63) is 40.7 Å². The van der Waals surface area contributed by atoms with Gasteiger partial charge in [0.1, 0.15) is 11.5 Å². The molecular weight excluding hydrogens is 336 g/mol. The average Bonchev–Trinajstić information content (AvgIpc) is 3.19. The minimum atomic E-state index is -1.01. The molecule has 0 aliphatic carbocycles. The van der Waals surface area contributed by atoms with E-state index in [2.05, 4.69) is 10.3 Å². The molecule has 0 saturated carbocycles. The molecule has 0 amide bonds. The molecule has 2 aromatic rings. The Morgan fingerprint density at radius 3 is 2.35 bits per heavy atom. The fourth-order valence-electron chi connectivity index (χ4n) is 2.79. The molecule has 0 aromatic carbocycles. The van der Waals surface area contributed by atoms with Crippen LogP contribution in [0.2, 0.25) is 0 Å². The van der Waals surface area contributed by atoms with Crippen LogP contribution in [0.3, 0.4) is 0 Å². The van der Waals surface area contributed by atoms with Crippen molar-refractivity contribution in [2.45, 2.75) is 66.2 Å². The fraction of sp³-hybridized carbons (Fsp3) is 0.556. The van der Waals surface area contributed by atoms with Gasteiger partial charge >= 0.3 is 7.12 Å². The summed E-state index contributed by atoms with van der Waals surface area (Å²) in [6.07, 6.45) is 3.43. The summed E-state index contributed by atoms with van der Waals surface area (Å²) >= 11 is 0. The van der Waals surface area contributed by atoms with Crippen molar-refractivity contribution in [2.24, 2.45) is 0 Å². The summed E-state index contributed by atoms with van der Waals surface area (Å²) in [6.45, 7) is 13.6. The largest absolute Gasteiger partial charge is 0.525 e. The Morgan fingerprint density at radius 1 is 1.19 bits per heavy atom. The third-order valence-electron chi connectivity index (χ3n) is 5.39. The van der Waals surface area contributed by atoms with Gasteiger partial charge in [-0.3, -0.25) is 4.68 Å². The van der Waals surface area contributed by atoms with E-state index >= 15 is 0 Å². The molecule has 26 heavy (non-hydrogen) atoms. The van der Waals surface area contributed by atoms with Crippen LogP contribution in [0.25, 0.3) is 5.57 Å². The van der Waals surface area contributed by atoms with Gasteiger partial charge in [0.2, 0.25) is 0 Å². The van der Waals surface area contributed by atoms with Crippen LogP contribution in [0.4, 0.5) is 4.39 Å². The normalized spacial score (nSPS) is 19.8. The van der Waals surface area contributed by atoms with Gasteiger partial charge in [-0.1, -0.05) is 5.16 Å². The minimum absolute atomic E-state index is 0.430. The van der Waals surface area contributed by atoms with E-state index in [1.807, 2.05) is 41.5 Å². The first-order chi connectivity index (χ1) is 12.0. The molecule has 2 aromatic heterocycles. The zero-order valence-corrected chi connectivity index (χ0v) is 16.4. The number of aromatic nitrogens is 3. The summed E-state index contributed by atoms with van der Waals surface area (Å²) in [5.41, 5.74) is 1.35. The van der Waals surface area contributed by atoms with Gasteiger partial charge in [-0.05, 0) is 54.0 Å². The molecule has 1 aliphatic rings. The lowest BCUT2D eigenvalue weighted by Gasteiger charge is -2.32. The molecule has 0 N–H and O–H groups in total. The lowest BCUT2D eigenvalue weighted by molar-refractivity contribution is 0.00578. The monoisotopic (exact) mass is 361 g/mol. The van der Waals surface area contributed by atoms with Gasteiger partial charge in [-0.15, -0.1) is 0 Å². The Kier molecular flexibility index (Phi) is 4.61. The molecule has 1 saturated heterocycles. The molecule has 3 rings (SSSR count). The molecule has 6 nitrogen and oxygen atoms in total. The second-order valence-corrected chi connectivity index (χ2v) is 7.79. The van der Waals surface area contributed by atoms with Crippen LogP contribution in [0.15, 0.2) is 22.6 Å².